The zero-order valence-corrected chi connectivity index (χ0v) is 23.4. The van der Waals surface area contributed by atoms with Crippen LogP contribution in [-0.4, -0.2) is 27.7 Å². The lowest BCUT2D eigenvalue weighted by molar-refractivity contribution is 0.607. The number of aliphatic imine (C=N–C) groups is 2. The van der Waals surface area contributed by atoms with Crippen LogP contribution in [0.5, 0.6) is 0 Å². The topological polar surface area (TPSA) is 42.5 Å². The van der Waals surface area contributed by atoms with Gasteiger partial charge in [-0.05, 0) is 50.8 Å². The molecule has 2 aromatic rings. The molecule has 0 saturated heterocycles. The Labute approximate surface area is 223 Å². The van der Waals surface area contributed by atoms with Gasteiger partial charge in [0.2, 0.25) is 0 Å². The lowest BCUT2D eigenvalue weighted by atomic mass is 9.85. The van der Waals surface area contributed by atoms with E-state index in [-0.39, 0.29) is 5.41 Å². The Kier molecular flexibility index (Phi) is 7.76. The number of hydrogen-bond donors (Lipinski definition) is 0. The van der Waals surface area contributed by atoms with Gasteiger partial charge in [-0.15, -0.1) is 6.42 Å². The second-order valence-electron chi connectivity index (χ2n) is 9.75. The average Bonchev–Trinajstić information content (AvgIpc) is 3.27. The Morgan fingerprint density at radius 2 is 1.97 bits per heavy atom. The number of halogens is 1. The molecule has 0 amide bonds. The summed E-state index contributed by atoms with van der Waals surface area (Å²) < 4.78 is 3.03. The van der Waals surface area contributed by atoms with E-state index in [4.69, 9.17) is 21.5 Å². The molecule has 184 valence electrons. The Balaban J connectivity index is 1.71. The lowest BCUT2D eigenvalue weighted by Crippen LogP contribution is -2.09. The maximum atomic E-state index is 5.74. The van der Waals surface area contributed by atoms with Crippen molar-refractivity contribution < 1.29 is 0 Å². The highest BCUT2D eigenvalue weighted by molar-refractivity contribution is 9.11. The average molecular weight is 542 g/mol. The van der Waals surface area contributed by atoms with E-state index in [1.165, 1.54) is 16.7 Å². The van der Waals surface area contributed by atoms with Crippen molar-refractivity contribution >= 4 is 44.4 Å². The van der Waals surface area contributed by atoms with Crippen molar-refractivity contribution in [2.45, 2.75) is 53.9 Å². The van der Waals surface area contributed by atoms with E-state index in [1.54, 1.807) is 0 Å². The van der Waals surface area contributed by atoms with Gasteiger partial charge in [-0.1, -0.05) is 82.9 Å². The maximum absolute atomic E-state index is 5.74. The fourth-order valence-corrected chi connectivity index (χ4v) is 4.63. The molecule has 0 aliphatic carbocycles. The number of allylic oxidation sites excluding steroid dienone is 7. The summed E-state index contributed by atoms with van der Waals surface area (Å²) in [4.78, 5) is 10.1. The summed E-state index contributed by atoms with van der Waals surface area (Å²) in [5, 5.41) is 4.72. The van der Waals surface area contributed by atoms with Crippen molar-refractivity contribution in [1.82, 2.24) is 9.78 Å². The SMILES string of the molecule is C#CC(C)(C)C(C)=C/C=C(\CC)C1=Nc2c(C3=CCC(c4ccccc4)=NC3)cnn2C(C)=C(Br)C1. The van der Waals surface area contributed by atoms with Crippen LogP contribution in [0.25, 0.3) is 11.3 Å². The van der Waals surface area contributed by atoms with Crippen LogP contribution in [0.3, 0.4) is 0 Å². The number of fused-ring (bicyclic) bond motifs is 1. The highest BCUT2D eigenvalue weighted by Gasteiger charge is 2.23. The standard InChI is InChI=1S/C31H33BrN4/c1-7-23(15-14-21(3)31(5,6)8-2)29-18-27(32)22(4)36-30(35-29)26(20-34-36)25-16-17-28(33-19-25)24-12-10-9-11-13-24/h2,9-16,20H,7,17-19H2,1,3-6H3/b21-14?,23-15+. The summed E-state index contributed by atoms with van der Waals surface area (Å²) in [6.45, 7) is 11.1. The molecule has 0 N–H and O–H groups in total. The first kappa shape index (κ1) is 25.9. The van der Waals surface area contributed by atoms with E-state index in [0.29, 0.717) is 6.54 Å². The molecular weight excluding hydrogens is 508 g/mol. The first-order chi connectivity index (χ1) is 17.2. The molecule has 0 fully saturated rings. The summed E-state index contributed by atoms with van der Waals surface area (Å²) >= 11 is 3.81. The van der Waals surface area contributed by atoms with Crippen LogP contribution < -0.4 is 0 Å². The number of rotatable bonds is 6. The number of dihydropyridines is 1. The number of terminal acetylenes is 1. The Morgan fingerprint density at radius 3 is 2.61 bits per heavy atom. The quantitative estimate of drug-likeness (QED) is 0.269. The summed E-state index contributed by atoms with van der Waals surface area (Å²) in [5.74, 6) is 3.75. The smallest absolute Gasteiger partial charge is 0.163 e. The van der Waals surface area contributed by atoms with E-state index in [9.17, 15) is 0 Å². The number of hydrogen-bond acceptors (Lipinski definition) is 3. The minimum absolute atomic E-state index is 0.282. The maximum Gasteiger partial charge on any atom is 0.163 e. The monoisotopic (exact) mass is 540 g/mol. The fraction of sp³-hybridized carbons (Fsp3) is 0.323. The third kappa shape index (κ3) is 5.29. The van der Waals surface area contributed by atoms with Gasteiger partial charge in [0.25, 0.3) is 0 Å². The second kappa shape index (κ2) is 10.8. The molecule has 0 radical (unpaired) electrons. The van der Waals surface area contributed by atoms with Crippen LogP contribution in [0.2, 0.25) is 0 Å². The lowest BCUT2D eigenvalue weighted by Gasteiger charge is -2.18. The molecule has 4 rings (SSSR count). The first-order valence-electron chi connectivity index (χ1n) is 12.4. The van der Waals surface area contributed by atoms with Gasteiger partial charge in [-0.25, -0.2) is 9.67 Å². The van der Waals surface area contributed by atoms with E-state index in [2.05, 4.69) is 99.0 Å². The number of benzene rings is 1. The van der Waals surface area contributed by atoms with Crippen molar-refractivity contribution in [2.24, 2.45) is 15.4 Å². The fourth-order valence-electron chi connectivity index (χ4n) is 4.19. The molecule has 3 heterocycles. The molecule has 5 heteroatoms. The minimum Gasteiger partial charge on any atom is -0.284 e. The third-order valence-electron chi connectivity index (χ3n) is 7.09. The van der Waals surface area contributed by atoms with E-state index in [0.717, 1.165) is 57.8 Å². The Morgan fingerprint density at radius 1 is 1.22 bits per heavy atom. The minimum atomic E-state index is -0.282. The van der Waals surface area contributed by atoms with Crippen LogP contribution in [0, 0.1) is 17.8 Å². The largest absolute Gasteiger partial charge is 0.284 e. The summed E-state index contributed by atoms with van der Waals surface area (Å²) in [6.07, 6.45) is 16.6. The molecule has 0 bridgehead atoms. The van der Waals surface area contributed by atoms with Crippen LogP contribution in [-0.2, 0) is 0 Å². The van der Waals surface area contributed by atoms with Gasteiger partial charge >= 0.3 is 0 Å². The van der Waals surface area contributed by atoms with Crippen molar-refractivity contribution in [3.05, 3.63) is 81.5 Å². The van der Waals surface area contributed by atoms with Crippen molar-refractivity contribution in [3.8, 4) is 12.3 Å². The van der Waals surface area contributed by atoms with E-state index >= 15 is 0 Å². The predicted molar refractivity (Wildman–Crippen MR) is 157 cm³/mol. The van der Waals surface area contributed by atoms with Crippen LogP contribution in [0.4, 0.5) is 5.82 Å². The zero-order chi connectivity index (χ0) is 25.9. The number of nitrogens with zero attached hydrogens (tertiary/aromatic N) is 4. The van der Waals surface area contributed by atoms with Crippen molar-refractivity contribution in [2.75, 3.05) is 6.54 Å². The van der Waals surface area contributed by atoms with E-state index < -0.39 is 0 Å². The molecule has 1 aromatic heterocycles. The van der Waals surface area contributed by atoms with Crippen LogP contribution >= 0.6 is 15.9 Å². The van der Waals surface area contributed by atoms with Gasteiger partial charge in [-0.2, -0.15) is 5.10 Å². The van der Waals surface area contributed by atoms with Gasteiger partial charge in [0.05, 0.1) is 24.2 Å². The Bertz CT molecular complexity index is 1390. The molecule has 4 nitrogen and oxygen atoms in total. The molecule has 1 aromatic carbocycles. The summed E-state index contributed by atoms with van der Waals surface area (Å²) in [7, 11) is 0. The van der Waals surface area contributed by atoms with Gasteiger partial charge in [0.15, 0.2) is 5.82 Å². The molecular formula is C31H33BrN4. The normalized spacial score (nSPS) is 17.1. The molecule has 0 atom stereocenters. The molecule has 2 aliphatic rings. The summed E-state index contributed by atoms with van der Waals surface area (Å²) in [6, 6.07) is 10.4. The molecule has 0 saturated carbocycles. The van der Waals surface area contributed by atoms with Crippen molar-refractivity contribution in [1.29, 1.82) is 0 Å². The predicted octanol–water partition coefficient (Wildman–Crippen LogP) is 8.16. The van der Waals surface area contributed by atoms with Crippen LogP contribution in [0.15, 0.2) is 80.4 Å². The third-order valence-corrected chi connectivity index (χ3v) is 7.94. The van der Waals surface area contributed by atoms with E-state index in [1.807, 2.05) is 16.9 Å². The molecule has 0 unspecified atom stereocenters. The van der Waals surface area contributed by atoms with Crippen molar-refractivity contribution in [3.63, 3.8) is 0 Å². The highest BCUT2D eigenvalue weighted by atomic mass is 79.9. The van der Waals surface area contributed by atoms with Gasteiger partial charge < -0.3 is 0 Å². The summed E-state index contributed by atoms with van der Waals surface area (Å²) in [5.41, 5.74) is 8.66. The molecule has 0 spiro atoms. The van der Waals surface area contributed by atoms with Gasteiger partial charge in [0.1, 0.15) is 0 Å². The molecule has 36 heavy (non-hydrogen) atoms. The van der Waals surface area contributed by atoms with Gasteiger partial charge in [0, 0.05) is 34.0 Å². The van der Waals surface area contributed by atoms with Gasteiger partial charge in [-0.3, -0.25) is 4.99 Å². The van der Waals surface area contributed by atoms with Crippen LogP contribution in [0.1, 0.15) is 65.0 Å². The molecule has 2 aliphatic heterocycles. The first-order valence-corrected chi connectivity index (χ1v) is 13.2. The zero-order valence-electron chi connectivity index (χ0n) is 21.8. The Hall–Kier alpha value is -3.23. The second-order valence-corrected chi connectivity index (χ2v) is 10.7. The highest BCUT2D eigenvalue weighted by Crippen LogP contribution is 2.37. The number of aromatic nitrogens is 2.